The van der Waals surface area contributed by atoms with Crippen molar-refractivity contribution in [2.75, 3.05) is 38.2 Å². The summed E-state index contributed by atoms with van der Waals surface area (Å²) >= 11 is 0. The second-order valence-corrected chi connectivity index (χ2v) is 5.47. The van der Waals surface area contributed by atoms with Gasteiger partial charge in [-0.3, -0.25) is 10.1 Å². The molecule has 1 saturated heterocycles. The zero-order valence-electron chi connectivity index (χ0n) is 12.7. The molecule has 1 unspecified atom stereocenters. The molecule has 1 heterocycles. The minimum atomic E-state index is -0.373. The minimum absolute atomic E-state index is 0.0737. The van der Waals surface area contributed by atoms with Crippen LogP contribution in [0.15, 0.2) is 18.2 Å². The van der Waals surface area contributed by atoms with Gasteiger partial charge in [0.15, 0.2) is 0 Å². The normalized spacial score (nSPS) is 18.3. The van der Waals surface area contributed by atoms with Crippen LogP contribution in [0.5, 0.6) is 5.75 Å². The molecule has 2 rings (SSSR count). The summed E-state index contributed by atoms with van der Waals surface area (Å²) in [7, 11) is 1.98. The van der Waals surface area contributed by atoms with Gasteiger partial charge in [0.2, 0.25) is 0 Å². The van der Waals surface area contributed by atoms with E-state index in [0.29, 0.717) is 18.3 Å². The van der Waals surface area contributed by atoms with Crippen LogP contribution in [0.4, 0.5) is 11.4 Å². The molecule has 6 nitrogen and oxygen atoms in total. The van der Waals surface area contributed by atoms with E-state index in [1.165, 1.54) is 18.9 Å². The number of ether oxygens (including phenoxy) is 1. The number of hydrogen-bond donors (Lipinski definition) is 1. The maximum absolute atomic E-state index is 11.0. The second kappa shape index (κ2) is 7.26. The molecule has 1 atom stereocenters. The maximum atomic E-state index is 11.0. The number of nitro benzene ring substituents is 1. The molecule has 0 aliphatic carbocycles. The Labute approximate surface area is 125 Å². The molecular weight excluding hydrogens is 270 g/mol. The highest BCUT2D eigenvalue weighted by molar-refractivity contribution is 5.57. The SMILES string of the molecule is CCOc1cc(N(C)CC2CCCNC2)cc([N+](=O)[O-])c1. The Bertz CT molecular complexity index is 487. The van der Waals surface area contributed by atoms with Crippen LogP contribution in [-0.2, 0) is 0 Å². The number of benzene rings is 1. The second-order valence-electron chi connectivity index (χ2n) is 5.47. The Morgan fingerprint density at radius 2 is 2.29 bits per heavy atom. The summed E-state index contributed by atoms with van der Waals surface area (Å²) in [4.78, 5) is 12.7. The van der Waals surface area contributed by atoms with E-state index in [0.717, 1.165) is 25.3 Å². The fourth-order valence-electron chi connectivity index (χ4n) is 2.72. The first-order chi connectivity index (χ1) is 10.1. The fourth-order valence-corrected chi connectivity index (χ4v) is 2.72. The molecule has 0 spiro atoms. The molecule has 1 fully saturated rings. The van der Waals surface area contributed by atoms with Crippen molar-refractivity contribution in [1.82, 2.24) is 5.32 Å². The van der Waals surface area contributed by atoms with E-state index in [-0.39, 0.29) is 10.6 Å². The standard InChI is InChI=1S/C15H23N3O3/c1-3-21-15-8-13(7-14(9-15)18(19)20)17(2)11-12-5-4-6-16-10-12/h7-9,12,16H,3-6,10-11H2,1-2H3. The third-order valence-electron chi connectivity index (χ3n) is 3.77. The lowest BCUT2D eigenvalue weighted by atomic mass is 9.99. The van der Waals surface area contributed by atoms with Gasteiger partial charge in [0, 0.05) is 31.4 Å². The van der Waals surface area contributed by atoms with Gasteiger partial charge in [0.05, 0.1) is 17.6 Å². The smallest absolute Gasteiger partial charge is 0.275 e. The number of non-ortho nitro benzene ring substituents is 1. The minimum Gasteiger partial charge on any atom is -0.494 e. The lowest BCUT2D eigenvalue weighted by Gasteiger charge is -2.29. The fraction of sp³-hybridized carbons (Fsp3) is 0.600. The third-order valence-corrected chi connectivity index (χ3v) is 3.77. The molecule has 0 aromatic heterocycles. The van der Waals surface area contributed by atoms with Gasteiger partial charge >= 0.3 is 0 Å². The lowest BCUT2D eigenvalue weighted by Crippen LogP contribution is -2.36. The maximum Gasteiger partial charge on any atom is 0.275 e. The monoisotopic (exact) mass is 293 g/mol. The van der Waals surface area contributed by atoms with E-state index < -0.39 is 0 Å². The van der Waals surface area contributed by atoms with Crippen LogP contribution in [-0.4, -0.2) is 38.2 Å². The Morgan fingerprint density at radius 3 is 2.90 bits per heavy atom. The highest BCUT2D eigenvalue weighted by atomic mass is 16.6. The van der Waals surface area contributed by atoms with Crippen LogP contribution in [0.3, 0.4) is 0 Å². The topological polar surface area (TPSA) is 67.6 Å². The average molecular weight is 293 g/mol. The van der Waals surface area contributed by atoms with E-state index >= 15 is 0 Å². The zero-order chi connectivity index (χ0) is 15.2. The Kier molecular flexibility index (Phi) is 5.38. The van der Waals surface area contributed by atoms with Gasteiger partial charge in [-0.05, 0) is 38.8 Å². The molecule has 116 valence electrons. The summed E-state index contributed by atoms with van der Waals surface area (Å²) in [5.41, 5.74) is 0.905. The largest absolute Gasteiger partial charge is 0.494 e. The molecule has 0 amide bonds. The number of nitro groups is 1. The molecule has 21 heavy (non-hydrogen) atoms. The molecular formula is C15H23N3O3. The summed E-state index contributed by atoms with van der Waals surface area (Å²) in [6.07, 6.45) is 2.39. The van der Waals surface area contributed by atoms with Crippen molar-refractivity contribution in [3.05, 3.63) is 28.3 Å². The molecule has 1 aromatic carbocycles. The average Bonchev–Trinajstić information content (AvgIpc) is 2.48. The summed E-state index contributed by atoms with van der Waals surface area (Å²) < 4.78 is 5.43. The van der Waals surface area contributed by atoms with Gasteiger partial charge in [0.1, 0.15) is 5.75 Å². The van der Waals surface area contributed by atoms with Crippen LogP contribution in [0.2, 0.25) is 0 Å². The Morgan fingerprint density at radius 1 is 1.48 bits per heavy atom. The molecule has 1 N–H and O–H groups in total. The summed E-state index contributed by atoms with van der Waals surface area (Å²) in [5, 5.41) is 14.4. The molecule has 0 radical (unpaired) electrons. The van der Waals surface area contributed by atoms with Crippen molar-refractivity contribution in [1.29, 1.82) is 0 Å². The van der Waals surface area contributed by atoms with E-state index in [1.54, 1.807) is 6.07 Å². The summed E-state index contributed by atoms with van der Waals surface area (Å²) in [5.74, 6) is 1.13. The number of nitrogens with one attached hydrogen (secondary N) is 1. The third kappa shape index (κ3) is 4.32. The predicted molar refractivity (Wildman–Crippen MR) is 83.1 cm³/mol. The van der Waals surface area contributed by atoms with Crippen LogP contribution < -0.4 is 15.0 Å². The van der Waals surface area contributed by atoms with Crippen molar-refractivity contribution in [2.45, 2.75) is 19.8 Å². The Hall–Kier alpha value is -1.82. The molecule has 0 saturated carbocycles. The Balaban J connectivity index is 2.13. The first-order valence-electron chi connectivity index (χ1n) is 7.44. The van der Waals surface area contributed by atoms with Crippen molar-refractivity contribution < 1.29 is 9.66 Å². The number of piperidine rings is 1. The molecule has 1 aliphatic rings. The van der Waals surface area contributed by atoms with E-state index in [9.17, 15) is 10.1 Å². The molecule has 6 heteroatoms. The van der Waals surface area contributed by atoms with Gasteiger partial charge in [-0.2, -0.15) is 0 Å². The molecule has 1 aliphatic heterocycles. The summed E-state index contributed by atoms with van der Waals surface area (Å²) in [6.45, 7) is 5.36. The van der Waals surface area contributed by atoms with Gasteiger partial charge in [0.25, 0.3) is 5.69 Å². The van der Waals surface area contributed by atoms with Crippen molar-refractivity contribution in [2.24, 2.45) is 5.92 Å². The van der Waals surface area contributed by atoms with Gasteiger partial charge < -0.3 is 15.0 Å². The summed E-state index contributed by atoms with van der Waals surface area (Å²) in [6, 6.07) is 4.95. The van der Waals surface area contributed by atoms with Crippen LogP contribution in [0.1, 0.15) is 19.8 Å². The van der Waals surface area contributed by atoms with Gasteiger partial charge in [-0.1, -0.05) is 0 Å². The lowest BCUT2D eigenvalue weighted by molar-refractivity contribution is -0.384. The predicted octanol–water partition coefficient (Wildman–Crippen LogP) is 2.43. The van der Waals surface area contributed by atoms with Crippen LogP contribution in [0, 0.1) is 16.0 Å². The first kappa shape index (κ1) is 15.6. The first-order valence-corrected chi connectivity index (χ1v) is 7.44. The quantitative estimate of drug-likeness (QED) is 0.644. The van der Waals surface area contributed by atoms with E-state index in [4.69, 9.17) is 4.74 Å². The van der Waals surface area contributed by atoms with Gasteiger partial charge in [-0.25, -0.2) is 0 Å². The number of hydrogen-bond acceptors (Lipinski definition) is 5. The van der Waals surface area contributed by atoms with Gasteiger partial charge in [-0.15, -0.1) is 0 Å². The highest BCUT2D eigenvalue weighted by Gasteiger charge is 2.18. The van der Waals surface area contributed by atoms with Crippen molar-refractivity contribution in [3.63, 3.8) is 0 Å². The zero-order valence-corrected chi connectivity index (χ0v) is 12.7. The number of nitrogens with zero attached hydrogens (tertiary/aromatic N) is 2. The number of anilines is 1. The van der Waals surface area contributed by atoms with E-state index in [2.05, 4.69) is 10.2 Å². The molecule has 0 bridgehead atoms. The highest BCUT2D eigenvalue weighted by Crippen LogP contribution is 2.28. The van der Waals surface area contributed by atoms with Crippen LogP contribution >= 0.6 is 0 Å². The van der Waals surface area contributed by atoms with Crippen LogP contribution in [0.25, 0.3) is 0 Å². The molecule has 1 aromatic rings. The van der Waals surface area contributed by atoms with Crippen molar-refractivity contribution >= 4 is 11.4 Å². The van der Waals surface area contributed by atoms with Crippen molar-refractivity contribution in [3.8, 4) is 5.75 Å². The van der Waals surface area contributed by atoms with E-state index in [1.807, 2.05) is 20.0 Å². The number of rotatable bonds is 6.